The number of nitrogens with zero attached hydrogens (tertiary/aromatic N) is 1. The third-order valence-electron chi connectivity index (χ3n) is 6.26. The number of fused-ring (bicyclic) bond motifs is 1. The summed E-state index contributed by atoms with van der Waals surface area (Å²) in [4.78, 5) is 13.0. The molecular weight excluding hydrogens is 501 g/mol. The number of hydrogen-bond donors (Lipinski definition) is 0. The number of carbonyl (C=O) groups excluding carboxylic acids is 1. The van der Waals surface area contributed by atoms with Crippen LogP contribution in [-0.2, 0) is 37.4 Å². The van der Waals surface area contributed by atoms with Gasteiger partial charge in [0.25, 0.3) is 0 Å². The van der Waals surface area contributed by atoms with Gasteiger partial charge in [-0.05, 0) is 36.8 Å². The first-order valence-electron chi connectivity index (χ1n) is 11.8. The Kier molecular flexibility index (Phi) is 7.25. The quantitative estimate of drug-likeness (QED) is 0.446. The summed E-state index contributed by atoms with van der Waals surface area (Å²) < 4.78 is 64.4. The van der Waals surface area contributed by atoms with Crippen molar-refractivity contribution in [2.45, 2.75) is 31.3 Å². The first-order chi connectivity index (χ1) is 17.8. The van der Waals surface area contributed by atoms with E-state index in [0.29, 0.717) is 35.7 Å². The number of morpholine rings is 1. The van der Waals surface area contributed by atoms with Crippen LogP contribution >= 0.6 is 0 Å². The second-order valence-corrected chi connectivity index (χ2v) is 10.7. The Morgan fingerprint density at radius 2 is 1.84 bits per heavy atom. The Morgan fingerprint density at radius 3 is 2.59 bits per heavy atom. The van der Waals surface area contributed by atoms with Crippen LogP contribution in [0, 0.1) is 12.7 Å². The molecule has 1 saturated heterocycles. The number of rotatable bonds is 6. The molecule has 0 N–H and O–H groups in total. The topological polar surface area (TPSA) is 91.4 Å². The molecule has 0 aromatic heterocycles. The van der Waals surface area contributed by atoms with E-state index in [1.807, 2.05) is 30.3 Å². The number of sulfonamides is 1. The summed E-state index contributed by atoms with van der Waals surface area (Å²) in [6.07, 6.45) is -0.682. The molecule has 1 fully saturated rings. The molecule has 2 heterocycles. The first-order valence-corrected chi connectivity index (χ1v) is 13.3. The highest BCUT2D eigenvalue weighted by Crippen LogP contribution is 2.37. The van der Waals surface area contributed by atoms with Gasteiger partial charge in [0.1, 0.15) is 18.2 Å². The van der Waals surface area contributed by atoms with Crippen molar-refractivity contribution in [3.05, 3.63) is 94.3 Å². The van der Waals surface area contributed by atoms with Crippen molar-refractivity contribution < 1.29 is 36.6 Å². The van der Waals surface area contributed by atoms with Crippen LogP contribution in [0.5, 0.6) is 5.75 Å². The molecule has 0 radical (unpaired) electrons. The van der Waals surface area contributed by atoms with Crippen LogP contribution < -0.4 is 4.74 Å². The highest BCUT2D eigenvalue weighted by atomic mass is 32.2. The van der Waals surface area contributed by atoms with Crippen molar-refractivity contribution in [1.82, 2.24) is 4.31 Å². The van der Waals surface area contributed by atoms with Crippen LogP contribution in [0.2, 0.25) is 0 Å². The van der Waals surface area contributed by atoms with Crippen molar-refractivity contribution in [2.24, 2.45) is 0 Å². The third-order valence-corrected chi connectivity index (χ3v) is 8.31. The fourth-order valence-corrected chi connectivity index (χ4v) is 5.98. The van der Waals surface area contributed by atoms with Gasteiger partial charge in [-0.3, -0.25) is 0 Å². The van der Waals surface area contributed by atoms with Crippen LogP contribution in [0.1, 0.15) is 38.9 Å². The monoisotopic (exact) mass is 527 g/mol. The van der Waals surface area contributed by atoms with E-state index in [2.05, 4.69) is 0 Å². The lowest BCUT2D eigenvalue weighted by molar-refractivity contribution is -0.112. The lowest BCUT2D eigenvalue weighted by Gasteiger charge is -2.28. The van der Waals surface area contributed by atoms with Gasteiger partial charge < -0.3 is 18.9 Å². The van der Waals surface area contributed by atoms with E-state index in [0.717, 1.165) is 5.56 Å². The molecule has 37 heavy (non-hydrogen) atoms. The van der Waals surface area contributed by atoms with Gasteiger partial charge in [0.05, 0.1) is 30.3 Å². The van der Waals surface area contributed by atoms with Crippen molar-refractivity contribution in [3.8, 4) is 5.75 Å². The minimum Gasteiger partial charge on any atom is -0.460 e. The largest absolute Gasteiger partial charge is 0.460 e. The first kappa shape index (κ1) is 25.3. The zero-order chi connectivity index (χ0) is 26.0. The molecule has 0 aliphatic carbocycles. The van der Waals surface area contributed by atoms with Gasteiger partial charge >= 0.3 is 5.97 Å². The van der Waals surface area contributed by atoms with Crippen LogP contribution in [0.25, 0.3) is 0 Å². The van der Waals surface area contributed by atoms with Crippen LogP contribution in [-0.4, -0.2) is 45.0 Å². The molecule has 3 aromatic rings. The summed E-state index contributed by atoms with van der Waals surface area (Å²) in [5.41, 5.74) is 2.25. The smallest absolute Gasteiger partial charge is 0.338 e. The van der Waals surface area contributed by atoms with Crippen LogP contribution in [0.3, 0.4) is 0 Å². The van der Waals surface area contributed by atoms with Gasteiger partial charge in [0.15, 0.2) is 0 Å². The molecule has 0 amide bonds. The second kappa shape index (κ2) is 10.6. The molecule has 10 heteroatoms. The Labute approximate surface area is 214 Å². The van der Waals surface area contributed by atoms with Crippen LogP contribution in [0.15, 0.2) is 65.6 Å². The normalized spacial score (nSPS) is 18.1. The van der Waals surface area contributed by atoms with Gasteiger partial charge in [0.2, 0.25) is 16.3 Å². The lowest BCUT2D eigenvalue weighted by Crippen LogP contribution is -2.40. The number of hydrogen-bond acceptors (Lipinski definition) is 7. The Balaban J connectivity index is 1.35. The number of halogens is 1. The van der Waals surface area contributed by atoms with E-state index < -0.39 is 28.1 Å². The predicted molar refractivity (Wildman–Crippen MR) is 131 cm³/mol. The average Bonchev–Trinajstić information content (AvgIpc) is 2.92. The van der Waals surface area contributed by atoms with Crippen LogP contribution in [0.4, 0.5) is 4.39 Å². The molecule has 194 valence electrons. The molecule has 2 aliphatic rings. The summed E-state index contributed by atoms with van der Waals surface area (Å²) in [6, 6.07) is 16.3. The van der Waals surface area contributed by atoms with E-state index in [1.165, 1.54) is 28.6 Å². The van der Waals surface area contributed by atoms with E-state index in [4.69, 9.17) is 18.9 Å². The maximum Gasteiger partial charge on any atom is 0.338 e. The summed E-state index contributed by atoms with van der Waals surface area (Å²) in [5, 5.41) is 0. The summed E-state index contributed by atoms with van der Waals surface area (Å²) in [6.45, 7) is 2.66. The van der Waals surface area contributed by atoms with Gasteiger partial charge in [-0.2, -0.15) is 4.31 Å². The maximum absolute atomic E-state index is 14.3. The second-order valence-electron chi connectivity index (χ2n) is 8.80. The van der Waals surface area contributed by atoms with Gasteiger partial charge in [-0.15, -0.1) is 0 Å². The molecule has 8 nitrogen and oxygen atoms in total. The van der Waals surface area contributed by atoms with Gasteiger partial charge in [-0.25, -0.2) is 17.6 Å². The molecule has 0 spiro atoms. The molecule has 1 unspecified atom stereocenters. The molecule has 0 bridgehead atoms. The molecule has 5 rings (SSSR count). The van der Waals surface area contributed by atoms with Gasteiger partial charge in [0, 0.05) is 29.8 Å². The predicted octanol–water partition coefficient (Wildman–Crippen LogP) is 4.12. The van der Waals surface area contributed by atoms with Crippen molar-refractivity contribution in [3.63, 3.8) is 0 Å². The highest BCUT2D eigenvalue weighted by molar-refractivity contribution is 7.89. The highest BCUT2D eigenvalue weighted by Gasteiger charge is 2.29. The lowest BCUT2D eigenvalue weighted by atomic mass is 10.1. The molecule has 2 aliphatic heterocycles. The maximum atomic E-state index is 14.3. The summed E-state index contributed by atoms with van der Waals surface area (Å²) in [5.74, 6) is -0.846. The Bertz CT molecular complexity index is 1410. The van der Waals surface area contributed by atoms with Crippen molar-refractivity contribution >= 4 is 16.0 Å². The fourth-order valence-electron chi connectivity index (χ4n) is 4.32. The van der Waals surface area contributed by atoms with Gasteiger partial charge in [-0.1, -0.05) is 36.4 Å². The standard InChI is InChI=1S/C27H26FNO7S/c1-18-7-8-20(15-24(18)37(31,32)29-9-11-33-12-10-29)26(30)34-16-21-13-23(28)14-22-17-35-27(36-25(21)22)19-5-3-2-4-6-19/h2-8,13-15,27H,9-12,16-17H2,1H3. The minimum atomic E-state index is -3.80. The zero-order valence-corrected chi connectivity index (χ0v) is 21.0. The Morgan fingerprint density at radius 1 is 1.08 bits per heavy atom. The van der Waals surface area contributed by atoms with Crippen molar-refractivity contribution in [2.75, 3.05) is 26.3 Å². The number of benzene rings is 3. The SMILES string of the molecule is Cc1ccc(C(=O)OCc2cc(F)cc3c2OC(c2ccccc2)OC3)cc1S(=O)(=O)N1CCOCC1. The third kappa shape index (κ3) is 5.37. The number of aryl methyl sites for hydroxylation is 1. The number of ether oxygens (including phenoxy) is 4. The molecule has 0 saturated carbocycles. The fraction of sp³-hybridized carbons (Fsp3) is 0.296. The van der Waals surface area contributed by atoms with E-state index in [-0.39, 0.29) is 36.8 Å². The Hall–Kier alpha value is -3.31. The summed E-state index contributed by atoms with van der Waals surface area (Å²) >= 11 is 0. The molecule has 1 atom stereocenters. The molecular formula is C27H26FNO7S. The van der Waals surface area contributed by atoms with E-state index in [1.54, 1.807) is 13.0 Å². The minimum absolute atomic E-state index is 0.0400. The van der Waals surface area contributed by atoms with E-state index in [9.17, 15) is 17.6 Å². The summed E-state index contributed by atoms with van der Waals surface area (Å²) in [7, 11) is -3.80. The van der Waals surface area contributed by atoms with Crippen molar-refractivity contribution in [1.29, 1.82) is 0 Å². The average molecular weight is 528 g/mol. The molecule has 3 aromatic carbocycles. The zero-order valence-electron chi connectivity index (χ0n) is 20.2. The number of esters is 1. The number of carbonyl (C=O) groups is 1. The van der Waals surface area contributed by atoms with E-state index >= 15 is 0 Å².